The van der Waals surface area contributed by atoms with Gasteiger partial charge in [-0.15, -0.1) is 0 Å². The van der Waals surface area contributed by atoms with Crippen molar-refractivity contribution in [2.24, 2.45) is 0 Å². The average molecular weight is 297 g/mol. The molecule has 2 rings (SSSR count). The van der Waals surface area contributed by atoms with Crippen LogP contribution < -0.4 is 10.1 Å². The van der Waals surface area contributed by atoms with Crippen LogP contribution in [0.25, 0.3) is 0 Å². The van der Waals surface area contributed by atoms with Gasteiger partial charge < -0.3 is 10.1 Å². The summed E-state index contributed by atoms with van der Waals surface area (Å²) in [5, 5.41) is 2.95. The van der Waals surface area contributed by atoms with E-state index in [0.29, 0.717) is 13.0 Å². The molecule has 0 bridgehead atoms. The molecule has 0 aliphatic rings. The third kappa shape index (κ3) is 4.35. The van der Waals surface area contributed by atoms with Gasteiger partial charge in [-0.2, -0.15) is 0 Å². The van der Waals surface area contributed by atoms with E-state index in [2.05, 4.69) is 17.4 Å². The highest BCUT2D eigenvalue weighted by atomic mass is 16.5. The van der Waals surface area contributed by atoms with Gasteiger partial charge in [0.25, 0.3) is 0 Å². The Morgan fingerprint density at radius 3 is 2.68 bits per heavy atom. The first kappa shape index (κ1) is 16.1. The van der Waals surface area contributed by atoms with Crippen LogP contribution in [0.2, 0.25) is 0 Å². The number of carbonyl (C=O) groups excluding carboxylic acids is 1. The molecule has 1 N–H and O–H groups in total. The Labute approximate surface area is 132 Å². The molecule has 0 unspecified atom stereocenters. The minimum absolute atomic E-state index is 0.0432. The quantitative estimate of drug-likeness (QED) is 0.844. The SMILES string of the molecule is CCCC(=O)Nc1ccccc1COc1cc(C)ccc1C. The first-order chi connectivity index (χ1) is 10.6. The van der Waals surface area contributed by atoms with Crippen LogP contribution in [-0.2, 0) is 11.4 Å². The molecule has 0 aliphatic carbocycles. The molecule has 2 aromatic rings. The molecule has 0 aromatic heterocycles. The number of amides is 1. The second kappa shape index (κ2) is 7.64. The van der Waals surface area contributed by atoms with Crippen LogP contribution in [0.4, 0.5) is 5.69 Å². The van der Waals surface area contributed by atoms with Gasteiger partial charge in [-0.25, -0.2) is 0 Å². The van der Waals surface area contributed by atoms with E-state index in [1.54, 1.807) is 0 Å². The molecule has 3 heteroatoms. The molecule has 2 aromatic carbocycles. The summed E-state index contributed by atoms with van der Waals surface area (Å²) in [5.74, 6) is 0.927. The van der Waals surface area contributed by atoms with Crippen LogP contribution in [0.5, 0.6) is 5.75 Å². The predicted molar refractivity (Wildman–Crippen MR) is 90.2 cm³/mol. The highest BCUT2D eigenvalue weighted by Crippen LogP contribution is 2.23. The summed E-state index contributed by atoms with van der Waals surface area (Å²) in [7, 11) is 0. The van der Waals surface area contributed by atoms with Crippen LogP contribution >= 0.6 is 0 Å². The zero-order valence-electron chi connectivity index (χ0n) is 13.5. The molecule has 0 saturated heterocycles. The number of aryl methyl sites for hydroxylation is 2. The zero-order valence-corrected chi connectivity index (χ0v) is 13.5. The lowest BCUT2D eigenvalue weighted by Gasteiger charge is -2.13. The molecule has 0 fully saturated rings. The molecule has 22 heavy (non-hydrogen) atoms. The van der Waals surface area contributed by atoms with E-state index >= 15 is 0 Å². The highest BCUT2D eigenvalue weighted by molar-refractivity contribution is 5.91. The Kier molecular flexibility index (Phi) is 5.59. The van der Waals surface area contributed by atoms with Crippen LogP contribution in [0.1, 0.15) is 36.5 Å². The molecule has 0 aliphatic heterocycles. The topological polar surface area (TPSA) is 38.3 Å². The maximum absolute atomic E-state index is 11.8. The first-order valence-corrected chi connectivity index (χ1v) is 7.68. The van der Waals surface area contributed by atoms with Gasteiger partial charge in [-0.05, 0) is 43.5 Å². The standard InChI is InChI=1S/C19H23NO2/c1-4-7-19(21)20-17-9-6-5-8-16(17)13-22-18-12-14(2)10-11-15(18)3/h5-6,8-12H,4,7,13H2,1-3H3,(H,20,21). The lowest BCUT2D eigenvalue weighted by molar-refractivity contribution is -0.116. The van der Waals surface area contributed by atoms with E-state index < -0.39 is 0 Å². The fraction of sp³-hybridized carbons (Fsp3) is 0.316. The zero-order chi connectivity index (χ0) is 15.9. The number of rotatable bonds is 6. The average Bonchev–Trinajstić information content (AvgIpc) is 2.50. The molecule has 0 saturated carbocycles. The lowest BCUT2D eigenvalue weighted by atomic mass is 10.1. The van der Waals surface area contributed by atoms with E-state index in [-0.39, 0.29) is 5.91 Å². The Morgan fingerprint density at radius 1 is 1.14 bits per heavy atom. The molecular weight excluding hydrogens is 274 g/mol. The second-order valence-corrected chi connectivity index (χ2v) is 5.51. The van der Waals surface area contributed by atoms with Crippen molar-refractivity contribution < 1.29 is 9.53 Å². The molecule has 1 amide bonds. The van der Waals surface area contributed by atoms with E-state index in [1.807, 2.05) is 51.1 Å². The number of ether oxygens (including phenoxy) is 1. The summed E-state index contributed by atoms with van der Waals surface area (Å²) in [6.07, 6.45) is 1.37. The Hall–Kier alpha value is -2.29. The minimum Gasteiger partial charge on any atom is -0.489 e. The summed E-state index contributed by atoms with van der Waals surface area (Å²) in [5.41, 5.74) is 4.09. The van der Waals surface area contributed by atoms with Gasteiger partial charge in [-0.1, -0.05) is 37.3 Å². The summed E-state index contributed by atoms with van der Waals surface area (Å²) >= 11 is 0. The van der Waals surface area contributed by atoms with Crippen LogP contribution in [0.15, 0.2) is 42.5 Å². The third-order valence-electron chi connectivity index (χ3n) is 3.50. The van der Waals surface area contributed by atoms with Gasteiger partial charge in [0, 0.05) is 17.7 Å². The summed E-state index contributed by atoms with van der Waals surface area (Å²) < 4.78 is 5.93. The maximum Gasteiger partial charge on any atom is 0.224 e. The maximum atomic E-state index is 11.8. The lowest BCUT2D eigenvalue weighted by Crippen LogP contribution is -2.13. The van der Waals surface area contributed by atoms with Crippen LogP contribution in [0.3, 0.4) is 0 Å². The third-order valence-corrected chi connectivity index (χ3v) is 3.50. The van der Waals surface area contributed by atoms with Gasteiger partial charge in [0.2, 0.25) is 5.91 Å². The largest absolute Gasteiger partial charge is 0.489 e. The number of benzene rings is 2. The fourth-order valence-corrected chi connectivity index (χ4v) is 2.23. The van der Waals surface area contributed by atoms with Crippen LogP contribution in [0, 0.1) is 13.8 Å². The van der Waals surface area contributed by atoms with Crippen molar-refractivity contribution in [1.29, 1.82) is 0 Å². The van der Waals surface area contributed by atoms with Gasteiger partial charge in [-0.3, -0.25) is 4.79 Å². The van der Waals surface area contributed by atoms with Crippen molar-refractivity contribution >= 4 is 11.6 Å². The summed E-state index contributed by atoms with van der Waals surface area (Å²) in [6.45, 7) is 6.51. The fourth-order valence-electron chi connectivity index (χ4n) is 2.23. The van der Waals surface area contributed by atoms with E-state index in [0.717, 1.165) is 29.0 Å². The number of nitrogens with one attached hydrogen (secondary N) is 1. The van der Waals surface area contributed by atoms with Gasteiger partial charge in [0.15, 0.2) is 0 Å². The first-order valence-electron chi connectivity index (χ1n) is 7.68. The Morgan fingerprint density at radius 2 is 1.91 bits per heavy atom. The van der Waals surface area contributed by atoms with E-state index in [4.69, 9.17) is 4.74 Å². The minimum atomic E-state index is 0.0432. The van der Waals surface area contributed by atoms with Gasteiger partial charge in [0.1, 0.15) is 12.4 Å². The van der Waals surface area contributed by atoms with E-state index in [1.165, 1.54) is 5.56 Å². The Balaban J connectivity index is 2.09. The molecule has 0 radical (unpaired) electrons. The second-order valence-electron chi connectivity index (χ2n) is 5.51. The molecule has 0 spiro atoms. The Bertz CT molecular complexity index is 650. The number of hydrogen-bond acceptors (Lipinski definition) is 2. The molecule has 3 nitrogen and oxygen atoms in total. The number of carbonyl (C=O) groups is 1. The highest BCUT2D eigenvalue weighted by Gasteiger charge is 2.07. The van der Waals surface area contributed by atoms with Crippen molar-refractivity contribution in [3.8, 4) is 5.75 Å². The normalized spacial score (nSPS) is 10.3. The monoisotopic (exact) mass is 297 g/mol. The molecule has 0 heterocycles. The smallest absolute Gasteiger partial charge is 0.224 e. The number of anilines is 1. The molecule has 116 valence electrons. The van der Waals surface area contributed by atoms with Crippen molar-refractivity contribution in [2.45, 2.75) is 40.2 Å². The van der Waals surface area contributed by atoms with Crippen molar-refractivity contribution in [1.82, 2.24) is 0 Å². The van der Waals surface area contributed by atoms with Crippen molar-refractivity contribution in [3.05, 3.63) is 59.2 Å². The van der Waals surface area contributed by atoms with Crippen molar-refractivity contribution in [3.63, 3.8) is 0 Å². The molecule has 0 atom stereocenters. The molecular formula is C19H23NO2. The van der Waals surface area contributed by atoms with Gasteiger partial charge >= 0.3 is 0 Å². The number of hydrogen-bond donors (Lipinski definition) is 1. The number of para-hydroxylation sites is 1. The van der Waals surface area contributed by atoms with E-state index in [9.17, 15) is 4.79 Å². The van der Waals surface area contributed by atoms with Gasteiger partial charge in [0.05, 0.1) is 0 Å². The summed E-state index contributed by atoms with van der Waals surface area (Å²) in [6, 6.07) is 13.9. The summed E-state index contributed by atoms with van der Waals surface area (Å²) in [4.78, 5) is 11.8. The predicted octanol–water partition coefficient (Wildman–Crippen LogP) is 4.62. The van der Waals surface area contributed by atoms with Crippen LogP contribution in [-0.4, -0.2) is 5.91 Å². The van der Waals surface area contributed by atoms with Crippen molar-refractivity contribution in [2.75, 3.05) is 5.32 Å².